The number of benzene rings is 2. The normalized spacial score (nSPS) is 19.4. The predicted molar refractivity (Wildman–Crippen MR) is 311 cm³/mol. The molecule has 5 aliphatic heterocycles. The van der Waals surface area contributed by atoms with E-state index in [1.165, 1.54) is 14.2 Å². The fourth-order valence-electron chi connectivity index (χ4n) is 10.8. The second kappa shape index (κ2) is 25.3. The molecular formula is C53H71FN8O7S5. The first kappa shape index (κ1) is 59.9. The van der Waals surface area contributed by atoms with E-state index in [0.29, 0.717) is 54.4 Å². The summed E-state index contributed by atoms with van der Waals surface area (Å²) in [5.74, 6) is -0.299. The number of fused-ring (bicyclic) bond motifs is 5. The van der Waals surface area contributed by atoms with Crippen LogP contribution in [0.2, 0.25) is 0 Å². The van der Waals surface area contributed by atoms with Gasteiger partial charge in [0.15, 0.2) is 0 Å². The Kier molecular flexibility index (Phi) is 20.4. The van der Waals surface area contributed by atoms with E-state index in [1.54, 1.807) is 23.6 Å². The van der Waals surface area contributed by atoms with E-state index in [-0.39, 0.29) is 89.7 Å². The number of halogens is 1. The third-order valence-electron chi connectivity index (χ3n) is 14.6. The average Bonchev–Trinajstić information content (AvgIpc) is 4.21. The second-order valence-corrected chi connectivity index (χ2v) is 20.7. The molecule has 0 radical (unpaired) electrons. The van der Waals surface area contributed by atoms with Gasteiger partial charge < -0.3 is 34.6 Å². The Labute approximate surface area is 465 Å². The summed E-state index contributed by atoms with van der Waals surface area (Å²) in [4.78, 5) is 71.2. The van der Waals surface area contributed by atoms with Crippen LogP contribution in [0.4, 0.5) is 14.0 Å². The average molecular weight is 1110 g/mol. The molecule has 2 fully saturated rings. The van der Waals surface area contributed by atoms with Gasteiger partial charge in [0.2, 0.25) is 18.0 Å². The Morgan fingerprint density at radius 3 is 1.82 bits per heavy atom. The number of ether oxygens (including phenoxy) is 3. The summed E-state index contributed by atoms with van der Waals surface area (Å²) in [5, 5.41) is 7.40. The summed E-state index contributed by atoms with van der Waals surface area (Å²) in [6.45, 7) is 13.1. The molecule has 2 aromatic heterocycles. The van der Waals surface area contributed by atoms with E-state index >= 15 is 4.39 Å². The smallest absolute Gasteiger partial charge is 0.407 e. The van der Waals surface area contributed by atoms with Crippen molar-refractivity contribution < 1.29 is 37.8 Å². The molecule has 0 aliphatic carbocycles. The van der Waals surface area contributed by atoms with Gasteiger partial charge in [-0.3, -0.25) is 24.1 Å². The van der Waals surface area contributed by atoms with Crippen molar-refractivity contribution in [1.82, 2.24) is 30.0 Å². The topological polar surface area (TPSA) is 169 Å². The van der Waals surface area contributed by atoms with Crippen LogP contribution in [0.5, 0.6) is 5.75 Å². The van der Waals surface area contributed by atoms with Crippen molar-refractivity contribution in [3.05, 3.63) is 81.8 Å². The van der Waals surface area contributed by atoms with E-state index in [9.17, 15) is 19.2 Å². The molecule has 2 N–H and O–H groups in total. The first-order valence-corrected chi connectivity index (χ1v) is 25.5. The van der Waals surface area contributed by atoms with Crippen molar-refractivity contribution >= 4 is 123 Å². The number of thiazole rings is 1. The number of amides is 4. The number of carbonyl (C=O) groups excluding carboxylic acids is 4. The lowest BCUT2D eigenvalue weighted by molar-refractivity contribution is -0.134. The van der Waals surface area contributed by atoms with Crippen LogP contribution in [0.3, 0.4) is 0 Å². The van der Waals surface area contributed by atoms with E-state index in [2.05, 4.69) is 47.2 Å². The number of hydrogen-bond donors (Lipinski definition) is 2. The minimum Gasteiger partial charge on any atom is -0.464 e. The van der Waals surface area contributed by atoms with Crippen molar-refractivity contribution in [2.24, 2.45) is 21.8 Å². The van der Waals surface area contributed by atoms with Crippen LogP contribution in [0, 0.1) is 17.7 Å². The lowest BCUT2D eigenvalue weighted by Crippen LogP contribution is -2.53. The van der Waals surface area contributed by atoms with Crippen LogP contribution in [0.25, 0.3) is 33.3 Å². The molecule has 4 aromatic rings. The lowest BCUT2D eigenvalue weighted by Gasteiger charge is -2.31. The van der Waals surface area contributed by atoms with Gasteiger partial charge >= 0.3 is 12.2 Å². The zero-order valence-corrected chi connectivity index (χ0v) is 48.0. The predicted octanol–water partition coefficient (Wildman–Crippen LogP) is 10.3. The number of carbonyl (C=O) groups is 4. The van der Waals surface area contributed by atoms with E-state index in [4.69, 9.17) is 29.2 Å². The third-order valence-corrected chi connectivity index (χ3v) is 15.8. The molecule has 0 spiro atoms. The molecule has 9 rings (SSSR count). The zero-order chi connectivity index (χ0) is 49.5. The highest BCUT2D eigenvalue weighted by Gasteiger charge is 2.41. The molecule has 2 saturated heterocycles. The molecule has 2 aromatic carbocycles. The van der Waals surface area contributed by atoms with Crippen molar-refractivity contribution in [2.45, 2.75) is 129 Å². The quantitative estimate of drug-likeness (QED) is 0.126. The van der Waals surface area contributed by atoms with Gasteiger partial charge in [0.1, 0.15) is 23.7 Å². The summed E-state index contributed by atoms with van der Waals surface area (Å²) in [5.41, 5.74) is 7.14. The number of aliphatic imine (C=N–C) groups is 2. The molecule has 5 aliphatic rings. The van der Waals surface area contributed by atoms with Crippen molar-refractivity contribution in [1.29, 1.82) is 0 Å². The fraction of sp³-hybridized carbons (Fsp3) is 0.491. The van der Waals surface area contributed by atoms with Gasteiger partial charge in [-0.15, -0.1) is 11.3 Å². The molecule has 1 unspecified atom stereocenters. The molecule has 74 heavy (non-hydrogen) atoms. The largest absolute Gasteiger partial charge is 0.464 e. The highest BCUT2D eigenvalue weighted by atomic mass is 32.1. The molecule has 15 nitrogen and oxygen atoms in total. The number of hydrogen-bond acceptors (Lipinski definition) is 11. The summed E-state index contributed by atoms with van der Waals surface area (Å²) >= 11 is 1.63. The highest BCUT2D eigenvalue weighted by Crippen LogP contribution is 2.49. The first-order valence-electron chi connectivity index (χ1n) is 24.7. The van der Waals surface area contributed by atoms with Crippen LogP contribution in [-0.4, -0.2) is 106 Å². The van der Waals surface area contributed by atoms with Crippen molar-refractivity contribution in [3.8, 4) is 17.0 Å². The number of nitrogens with zero attached hydrogens (tertiary/aromatic N) is 6. The Morgan fingerprint density at radius 1 is 0.770 bits per heavy atom. The molecule has 0 bridgehead atoms. The van der Waals surface area contributed by atoms with Gasteiger partial charge in [0.05, 0.1) is 53.0 Å². The third kappa shape index (κ3) is 11.6. The molecule has 402 valence electrons. The molecule has 7 heterocycles. The maximum Gasteiger partial charge on any atom is 0.407 e. The number of nitrogens with one attached hydrogen (secondary N) is 2. The summed E-state index contributed by atoms with van der Waals surface area (Å²) < 4.78 is 35.7. The lowest BCUT2D eigenvalue weighted by atomic mass is 9.95. The monoisotopic (exact) mass is 1110 g/mol. The van der Waals surface area contributed by atoms with E-state index < -0.39 is 36.3 Å². The minimum atomic E-state index is -0.745. The van der Waals surface area contributed by atoms with Gasteiger partial charge in [0, 0.05) is 67.3 Å². The van der Waals surface area contributed by atoms with Crippen LogP contribution in [0.15, 0.2) is 65.0 Å². The zero-order valence-electron chi connectivity index (χ0n) is 43.2. The summed E-state index contributed by atoms with van der Waals surface area (Å²) in [7, 11) is 2.57. The van der Waals surface area contributed by atoms with Gasteiger partial charge in [-0.05, 0) is 103 Å². The van der Waals surface area contributed by atoms with E-state index in [0.717, 1.165) is 87.4 Å². The Hall–Kier alpha value is -4.96. The Balaban J connectivity index is 0.00000253. The maximum absolute atomic E-state index is 17.0. The van der Waals surface area contributed by atoms with Gasteiger partial charge in [-0.1, -0.05) is 47.6 Å². The Morgan fingerprint density at radius 2 is 1.31 bits per heavy atom. The highest BCUT2D eigenvalue weighted by molar-refractivity contribution is 7.59. The maximum atomic E-state index is 17.0. The molecule has 21 heteroatoms. The number of allylic oxidation sites excluding steroid dienone is 2. The SMILES string of the molecule is CCC(CC)c1ncc(C2Oc3cc(C4=CN=C([C@@H]5CCCN5C(=O)[C@@H](NC(=O)OC)C(C)C)C4)cc(F)c3-c3cc4cc(C5=CN=C([C@@H]6CCCN6C(=O)[C@@H](NC(=O)OC)C(C)C)C5)ccc4n32)s1.S.S.S.S. The van der Waals surface area contributed by atoms with Gasteiger partial charge in [0.25, 0.3) is 0 Å². The van der Waals surface area contributed by atoms with Crippen LogP contribution >= 0.6 is 65.3 Å². The van der Waals surface area contributed by atoms with Crippen LogP contribution in [0.1, 0.15) is 126 Å². The fourth-order valence-corrected chi connectivity index (χ4v) is 12.0. The van der Waals surface area contributed by atoms with Gasteiger partial charge in [-0.2, -0.15) is 54.0 Å². The molecule has 5 atom stereocenters. The van der Waals surface area contributed by atoms with Gasteiger partial charge in [-0.25, -0.2) is 19.0 Å². The molecule has 0 saturated carbocycles. The van der Waals surface area contributed by atoms with Crippen molar-refractivity contribution in [3.63, 3.8) is 0 Å². The summed E-state index contributed by atoms with van der Waals surface area (Å²) in [6.07, 6.45) is 9.73. The second-order valence-electron chi connectivity index (χ2n) is 19.6. The standard InChI is InChI=1S/C53H63FN8O7S.4H2S/c1-9-30(10-2)48-57-27-44(70-48)51-62-39-16-15-31(34-21-37(55-25-34)40-13-11-17-60(40)49(63)46(28(3)4)58-52(65)67-7)19-33(39)23-42(62)45-36(54)20-32(24-43(45)69-51)35-22-38(56-26-35)41-14-12-18-61(41)50(64)47(29(5)6)59-53(66)68-8;;;;/h15-16,19-20,23-30,40-41,46-47,51H,9-14,17-18,21-22H2,1-8H3,(H,58,65)(H,59,66);4*1H2/t40-,41-,46-,47-,51?;;;;/m0..../s1. The van der Waals surface area contributed by atoms with E-state index in [1.807, 2.05) is 62.0 Å². The number of rotatable bonds is 14. The van der Waals surface area contributed by atoms with Crippen molar-refractivity contribution in [2.75, 3.05) is 27.3 Å². The van der Waals surface area contributed by atoms with Crippen LogP contribution < -0.4 is 15.4 Å². The number of likely N-dealkylation sites (tertiary alicyclic amines) is 2. The Bertz CT molecular complexity index is 2860. The first-order chi connectivity index (χ1) is 33.7. The summed E-state index contributed by atoms with van der Waals surface area (Å²) in [6, 6.07) is 9.87. The number of aromatic nitrogens is 2. The minimum absolute atomic E-state index is 0. The number of methoxy groups -OCH3 is 2. The van der Waals surface area contributed by atoms with Crippen LogP contribution in [-0.2, 0) is 19.1 Å². The molecule has 4 amide bonds. The number of alkyl carbamates (subject to hydrolysis) is 2. The molecular weight excluding hydrogens is 1040 g/mol.